The van der Waals surface area contributed by atoms with E-state index in [4.69, 9.17) is 14.2 Å². The minimum Gasteiger partial charge on any atom is -0.486 e. The van der Waals surface area contributed by atoms with Crippen LogP contribution in [-0.2, 0) is 0 Å². The first kappa shape index (κ1) is 14.6. The van der Waals surface area contributed by atoms with E-state index in [9.17, 15) is 0 Å². The molecule has 0 spiro atoms. The van der Waals surface area contributed by atoms with Gasteiger partial charge in [0, 0.05) is 18.8 Å². The van der Waals surface area contributed by atoms with Gasteiger partial charge in [0.1, 0.15) is 12.7 Å². The number of hydrogen-bond acceptors (Lipinski definition) is 6. The van der Waals surface area contributed by atoms with E-state index in [0.717, 1.165) is 31.0 Å². The van der Waals surface area contributed by atoms with Crippen molar-refractivity contribution in [2.45, 2.75) is 12.5 Å². The summed E-state index contributed by atoms with van der Waals surface area (Å²) in [6, 6.07) is 11.3. The molecule has 0 saturated heterocycles. The Bertz CT molecular complexity index is 580. The van der Waals surface area contributed by atoms with Crippen molar-refractivity contribution in [2.75, 3.05) is 26.3 Å². The molecule has 116 valence electrons. The second-order valence-corrected chi connectivity index (χ2v) is 4.97. The number of fused-ring (bicyclic) bond motifs is 1. The summed E-state index contributed by atoms with van der Waals surface area (Å²) < 4.78 is 17.0. The molecule has 6 heteroatoms. The number of ether oxygens (including phenoxy) is 3. The van der Waals surface area contributed by atoms with Gasteiger partial charge in [-0.05, 0) is 31.2 Å². The molecule has 1 aliphatic heterocycles. The van der Waals surface area contributed by atoms with Gasteiger partial charge in [0.15, 0.2) is 11.5 Å². The van der Waals surface area contributed by atoms with Gasteiger partial charge in [0.05, 0.1) is 6.61 Å². The summed E-state index contributed by atoms with van der Waals surface area (Å²) in [7, 11) is 0. The molecule has 1 unspecified atom stereocenters. The first-order valence-corrected chi connectivity index (χ1v) is 7.41. The maximum Gasteiger partial charge on any atom is 0.233 e. The summed E-state index contributed by atoms with van der Waals surface area (Å²) in [6.07, 6.45) is 2.55. The molecule has 1 aliphatic rings. The van der Waals surface area contributed by atoms with Crippen molar-refractivity contribution in [2.24, 2.45) is 0 Å². The van der Waals surface area contributed by atoms with Gasteiger partial charge in [-0.15, -0.1) is 5.10 Å². The van der Waals surface area contributed by atoms with E-state index < -0.39 is 0 Å². The molecule has 0 radical (unpaired) electrons. The molecule has 0 fully saturated rings. The molecule has 22 heavy (non-hydrogen) atoms. The zero-order chi connectivity index (χ0) is 15.0. The molecule has 0 saturated carbocycles. The fourth-order valence-electron chi connectivity index (χ4n) is 2.17. The molecule has 1 atom stereocenters. The molecule has 1 N–H and O–H groups in total. The van der Waals surface area contributed by atoms with Gasteiger partial charge in [-0.3, -0.25) is 0 Å². The van der Waals surface area contributed by atoms with Crippen molar-refractivity contribution in [1.82, 2.24) is 15.5 Å². The van der Waals surface area contributed by atoms with E-state index >= 15 is 0 Å². The van der Waals surface area contributed by atoms with Crippen LogP contribution in [0.3, 0.4) is 0 Å². The predicted molar refractivity (Wildman–Crippen MR) is 81.4 cm³/mol. The standard InChI is InChI=1S/C16H19N3O3/c1-2-6-15-14(5-1)21-12-13(22-15)11-17-8-4-10-20-16-7-3-9-18-19-16/h1-3,5-7,9,13,17H,4,8,10-12H2. The summed E-state index contributed by atoms with van der Waals surface area (Å²) in [6.45, 7) is 2.78. The van der Waals surface area contributed by atoms with Crippen molar-refractivity contribution in [3.05, 3.63) is 42.6 Å². The first-order chi connectivity index (χ1) is 10.9. The summed E-state index contributed by atoms with van der Waals surface area (Å²) in [5.74, 6) is 2.19. The molecule has 3 rings (SSSR count). The Hall–Kier alpha value is -2.34. The van der Waals surface area contributed by atoms with Crippen molar-refractivity contribution in [3.63, 3.8) is 0 Å². The average Bonchev–Trinajstić information content (AvgIpc) is 2.59. The van der Waals surface area contributed by atoms with Crippen molar-refractivity contribution < 1.29 is 14.2 Å². The quantitative estimate of drug-likeness (QED) is 0.785. The number of hydrogen-bond donors (Lipinski definition) is 1. The van der Waals surface area contributed by atoms with Gasteiger partial charge in [0.25, 0.3) is 0 Å². The third-order valence-electron chi connectivity index (χ3n) is 3.24. The van der Waals surface area contributed by atoms with Crippen LogP contribution in [0.15, 0.2) is 42.6 Å². The lowest BCUT2D eigenvalue weighted by molar-refractivity contribution is 0.0902. The lowest BCUT2D eigenvalue weighted by atomic mass is 10.2. The van der Waals surface area contributed by atoms with E-state index in [1.54, 1.807) is 18.3 Å². The zero-order valence-corrected chi connectivity index (χ0v) is 12.3. The molecule has 2 heterocycles. The van der Waals surface area contributed by atoms with E-state index in [1.807, 2.05) is 24.3 Å². The highest BCUT2D eigenvalue weighted by molar-refractivity contribution is 5.40. The molecule has 0 bridgehead atoms. The molecule has 2 aromatic rings. The fourth-order valence-corrected chi connectivity index (χ4v) is 2.17. The Morgan fingerprint density at radius 1 is 1.18 bits per heavy atom. The SMILES string of the molecule is c1cnnc(OCCCNCC2COc3ccccc3O2)c1. The van der Waals surface area contributed by atoms with E-state index in [-0.39, 0.29) is 6.10 Å². The average molecular weight is 301 g/mol. The second-order valence-electron chi connectivity index (χ2n) is 4.97. The maximum absolute atomic E-state index is 5.87. The van der Waals surface area contributed by atoms with Gasteiger partial charge in [-0.2, -0.15) is 5.10 Å². The van der Waals surface area contributed by atoms with Crippen LogP contribution in [0.5, 0.6) is 17.4 Å². The van der Waals surface area contributed by atoms with E-state index in [1.165, 1.54) is 0 Å². The Balaban J connectivity index is 1.30. The number of rotatable bonds is 7. The summed E-state index contributed by atoms with van der Waals surface area (Å²) >= 11 is 0. The fraction of sp³-hybridized carbons (Fsp3) is 0.375. The minimum atomic E-state index is 0.0378. The van der Waals surface area contributed by atoms with Crippen LogP contribution in [0.2, 0.25) is 0 Å². The number of aromatic nitrogens is 2. The van der Waals surface area contributed by atoms with Crippen LogP contribution in [0, 0.1) is 0 Å². The zero-order valence-electron chi connectivity index (χ0n) is 12.3. The third kappa shape index (κ3) is 4.08. The van der Waals surface area contributed by atoms with Gasteiger partial charge in [0.2, 0.25) is 5.88 Å². The summed E-state index contributed by atoms with van der Waals surface area (Å²) in [5, 5.41) is 11.0. The van der Waals surface area contributed by atoms with Crippen LogP contribution >= 0.6 is 0 Å². The van der Waals surface area contributed by atoms with Gasteiger partial charge >= 0.3 is 0 Å². The normalized spacial score (nSPS) is 16.3. The highest BCUT2D eigenvalue weighted by Gasteiger charge is 2.19. The number of nitrogens with one attached hydrogen (secondary N) is 1. The highest BCUT2D eigenvalue weighted by Crippen LogP contribution is 2.30. The van der Waals surface area contributed by atoms with Crippen LogP contribution in [0.25, 0.3) is 0 Å². The lowest BCUT2D eigenvalue weighted by Gasteiger charge is -2.26. The van der Waals surface area contributed by atoms with Gasteiger partial charge < -0.3 is 19.5 Å². The molecule has 1 aromatic carbocycles. The van der Waals surface area contributed by atoms with Crippen molar-refractivity contribution in [1.29, 1.82) is 0 Å². The lowest BCUT2D eigenvalue weighted by Crippen LogP contribution is -2.39. The van der Waals surface area contributed by atoms with Crippen LogP contribution in [0.1, 0.15) is 6.42 Å². The highest BCUT2D eigenvalue weighted by atomic mass is 16.6. The van der Waals surface area contributed by atoms with Gasteiger partial charge in [-0.25, -0.2) is 0 Å². The number of benzene rings is 1. The number of para-hydroxylation sites is 2. The van der Waals surface area contributed by atoms with Gasteiger partial charge in [-0.1, -0.05) is 12.1 Å². The second kappa shape index (κ2) is 7.61. The van der Waals surface area contributed by atoms with E-state index in [2.05, 4.69) is 15.5 Å². The monoisotopic (exact) mass is 301 g/mol. The molecule has 1 aromatic heterocycles. The van der Waals surface area contributed by atoms with E-state index in [0.29, 0.717) is 19.1 Å². The maximum atomic E-state index is 5.87. The Kier molecular flexibility index (Phi) is 5.04. The smallest absolute Gasteiger partial charge is 0.233 e. The Morgan fingerprint density at radius 3 is 2.95 bits per heavy atom. The summed E-state index contributed by atoms with van der Waals surface area (Å²) in [4.78, 5) is 0. The predicted octanol–water partition coefficient (Wildman–Crippen LogP) is 1.68. The third-order valence-corrected chi connectivity index (χ3v) is 3.24. The van der Waals surface area contributed by atoms with Crippen molar-refractivity contribution >= 4 is 0 Å². The molecule has 0 amide bonds. The summed E-state index contributed by atoms with van der Waals surface area (Å²) in [5.41, 5.74) is 0. The van der Waals surface area contributed by atoms with Crippen LogP contribution in [0.4, 0.5) is 0 Å². The topological polar surface area (TPSA) is 65.5 Å². The Labute approximate surface area is 129 Å². The molecule has 6 nitrogen and oxygen atoms in total. The largest absolute Gasteiger partial charge is 0.486 e. The Morgan fingerprint density at radius 2 is 2.09 bits per heavy atom. The molecular formula is C16H19N3O3. The first-order valence-electron chi connectivity index (χ1n) is 7.41. The van der Waals surface area contributed by atoms with Crippen molar-refractivity contribution in [3.8, 4) is 17.4 Å². The molecular weight excluding hydrogens is 282 g/mol. The number of nitrogens with zero attached hydrogens (tertiary/aromatic N) is 2. The molecule has 0 aliphatic carbocycles. The minimum absolute atomic E-state index is 0.0378. The van der Waals surface area contributed by atoms with Crippen LogP contribution < -0.4 is 19.5 Å². The van der Waals surface area contributed by atoms with Crippen LogP contribution in [-0.4, -0.2) is 42.6 Å².